The predicted octanol–water partition coefficient (Wildman–Crippen LogP) is 1.82. The Morgan fingerprint density at radius 3 is 2.33 bits per heavy atom. The van der Waals surface area contributed by atoms with Gasteiger partial charge in [-0.2, -0.15) is 4.98 Å². The Morgan fingerprint density at radius 2 is 1.73 bits per heavy atom. The zero-order valence-corrected chi connectivity index (χ0v) is 16.7. The van der Waals surface area contributed by atoms with Crippen LogP contribution in [0.5, 0.6) is 0 Å². The van der Waals surface area contributed by atoms with Gasteiger partial charge in [-0.15, -0.1) is 0 Å². The van der Waals surface area contributed by atoms with E-state index in [1.807, 2.05) is 0 Å². The van der Waals surface area contributed by atoms with E-state index in [1.54, 1.807) is 0 Å². The van der Waals surface area contributed by atoms with E-state index in [9.17, 15) is 36.3 Å². The van der Waals surface area contributed by atoms with Crippen molar-refractivity contribution in [3.63, 3.8) is 0 Å². The Kier molecular flexibility index (Phi) is 5.64. The summed E-state index contributed by atoms with van der Waals surface area (Å²) >= 11 is 0. The highest BCUT2D eigenvalue weighted by atomic mass is 19.3. The van der Waals surface area contributed by atoms with Crippen molar-refractivity contribution >= 4 is 5.95 Å². The molecule has 1 aliphatic rings. The standard InChI is InChI=1S/C20H16F5N5O3/c21-13-4-10(5-14(22)15(13)23)8-29-17(27-12-6-20(24,25)7-12)28-18(32)30(19(29)33)9-11-2-1-3-26-16(11)31/h1-5,12H,6-9H2,(H,26,31)(H,27,28,32). The van der Waals surface area contributed by atoms with Crippen LogP contribution in [0.3, 0.4) is 0 Å². The van der Waals surface area contributed by atoms with Gasteiger partial charge in [-0.3, -0.25) is 9.36 Å². The topological polar surface area (TPSA) is 102 Å². The number of alkyl halides is 2. The summed E-state index contributed by atoms with van der Waals surface area (Å²) in [5.41, 5.74) is -2.76. The van der Waals surface area contributed by atoms with Crippen LogP contribution in [0.1, 0.15) is 24.0 Å². The minimum Gasteiger partial charge on any atom is -0.352 e. The predicted molar refractivity (Wildman–Crippen MR) is 106 cm³/mol. The van der Waals surface area contributed by atoms with Crippen molar-refractivity contribution in [2.75, 3.05) is 5.32 Å². The van der Waals surface area contributed by atoms with Crippen molar-refractivity contribution in [1.29, 1.82) is 0 Å². The number of aromatic amines is 1. The van der Waals surface area contributed by atoms with Gasteiger partial charge in [0.25, 0.3) is 11.5 Å². The number of halogens is 5. The van der Waals surface area contributed by atoms with E-state index < -0.39 is 78.2 Å². The zero-order valence-electron chi connectivity index (χ0n) is 16.7. The lowest BCUT2D eigenvalue weighted by Gasteiger charge is -2.35. The van der Waals surface area contributed by atoms with Crippen LogP contribution >= 0.6 is 0 Å². The van der Waals surface area contributed by atoms with Crippen LogP contribution in [0.25, 0.3) is 0 Å². The lowest BCUT2D eigenvalue weighted by molar-refractivity contribution is -0.0795. The molecule has 1 saturated carbocycles. The molecule has 13 heteroatoms. The van der Waals surface area contributed by atoms with Crippen molar-refractivity contribution in [3.8, 4) is 0 Å². The highest BCUT2D eigenvalue weighted by Crippen LogP contribution is 2.38. The number of nitrogens with one attached hydrogen (secondary N) is 2. The summed E-state index contributed by atoms with van der Waals surface area (Å²) in [6.45, 7) is -1.02. The Labute approximate surface area is 181 Å². The van der Waals surface area contributed by atoms with Crippen molar-refractivity contribution in [2.45, 2.75) is 37.9 Å². The van der Waals surface area contributed by atoms with Gasteiger partial charge in [0.15, 0.2) is 17.5 Å². The Balaban J connectivity index is 1.78. The molecule has 0 aliphatic heterocycles. The molecule has 0 spiro atoms. The average molecular weight is 469 g/mol. The van der Waals surface area contributed by atoms with Crippen LogP contribution in [0.4, 0.5) is 27.9 Å². The van der Waals surface area contributed by atoms with E-state index in [2.05, 4.69) is 15.3 Å². The molecule has 1 aliphatic carbocycles. The van der Waals surface area contributed by atoms with E-state index in [4.69, 9.17) is 0 Å². The number of rotatable bonds is 6. The monoisotopic (exact) mass is 469 g/mol. The van der Waals surface area contributed by atoms with Crippen molar-refractivity contribution in [2.24, 2.45) is 0 Å². The van der Waals surface area contributed by atoms with Crippen molar-refractivity contribution in [3.05, 3.63) is 90.4 Å². The molecule has 1 fully saturated rings. The van der Waals surface area contributed by atoms with Crippen LogP contribution in [0.2, 0.25) is 0 Å². The minimum absolute atomic E-state index is 0.0586. The summed E-state index contributed by atoms with van der Waals surface area (Å²) in [6.07, 6.45) is 0.223. The Hall–Kier alpha value is -3.77. The number of hydrogen-bond donors (Lipinski definition) is 2. The third-order valence-electron chi connectivity index (χ3n) is 5.19. The molecule has 0 atom stereocenters. The first-order valence-electron chi connectivity index (χ1n) is 9.70. The van der Waals surface area contributed by atoms with Gasteiger partial charge in [-0.05, 0) is 23.8 Å². The molecule has 0 unspecified atom stereocenters. The van der Waals surface area contributed by atoms with Gasteiger partial charge < -0.3 is 10.3 Å². The fraction of sp³-hybridized carbons (Fsp3) is 0.300. The zero-order chi connectivity index (χ0) is 23.9. The third-order valence-corrected chi connectivity index (χ3v) is 5.19. The molecule has 4 rings (SSSR count). The lowest BCUT2D eigenvalue weighted by atomic mass is 9.88. The average Bonchev–Trinajstić information content (AvgIpc) is 2.72. The molecule has 0 amide bonds. The number of pyridine rings is 1. The number of hydrogen-bond acceptors (Lipinski definition) is 5. The summed E-state index contributed by atoms with van der Waals surface area (Å²) in [5.74, 6) is -8.00. The van der Waals surface area contributed by atoms with Gasteiger partial charge in [-0.1, -0.05) is 6.07 Å². The van der Waals surface area contributed by atoms with Gasteiger partial charge in [0.05, 0.1) is 13.1 Å². The SMILES string of the molecule is O=c1[nH]cccc1Cn1c(=O)nc(NC2CC(F)(F)C2)n(Cc2cc(F)c(F)c(F)c2)c1=O. The Morgan fingerprint density at radius 1 is 1.06 bits per heavy atom. The maximum Gasteiger partial charge on any atom is 0.355 e. The van der Waals surface area contributed by atoms with Gasteiger partial charge in [-0.25, -0.2) is 36.1 Å². The highest BCUT2D eigenvalue weighted by Gasteiger charge is 2.45. The van der Waals surface area contributed by atoms with E-state index in [1.165, 1.54) is 18.3 Å². The van der Waals surface area contributed by atoms with Crippen LogP contribution in [0, 0.1) is 17.5 Å². The summed E-state index contributed by atoms with van der Waals surface area (Å²) in [4.78, 5) is 43.7. The van der Waals surface area contributed by atoms with Crippen LogP contribution < -0.4 is 22.3 Å². The second kappa shape index (κ2) is 8.30. The molecule has 0 saturated heterocycles. The first-order valence-corrected chi connectivity index (χ1v) is 9.70. The smallest absolute Gasteiger partial charge is 0.352 e. The lowest BCUT2D eigenvalue weighted by Crippen LogP contribution is -2.48. The number of anilines is 1. The van der Waals surface area contributed by atoms with Gasteiger partial charge in [0.1, 0.15) is 0 Å². The molecule has 2 aromatic heterocycles. The van der Waals surface area contributed by atoms with Crippen LogP contribution in [-0.2, 0) is 13.1 Å². The maximum absolute atomic E-state index is 13.7. The normalized spacial score (nSPS) is 15.3. The molecule has 2 N–H and O–H groups in total. The first-order chi connectivity index (χ1) is 15.5. The van der Waals surface area contributed by atoms with Crippen LogP contribution in [0.15, 0.2) is 44.8 Å². The largest absolute Gasteiger partial charge is 0.355 e. The fourth-order valence-corrected chi connectivity index (χ4v) is 3.50. The molecular weight excluding hydrogens is 453 g/mol. The highest BCUT2D eigenvalue weighted by molar-refractivity contribution is 5.30. The number of nitrogens with zero attached hydrogens (tertiary/aromatic N) is 3. The van der Waals surface area contributed by atoms with Crippen LogP contribution in [-0.4, -0.2) is 31.1 Å². The molecule has 0 radical (unpaired) electrons. The summed E-state index contributed by atoms with van der Waals surface area (Å²) in [6, 6.07) is 3.37. The number of aromatic nitrogens is 4. The summed E-state index contributed by atoms with van der Waals surface area (Å²) in [5, 5.41) is 2.58. The number of benzene rings is 1. The van der Waals surface area contributed by atoms with E-state index in [0.717, 1.165) is 4.57 Å². The summed E-state index contributed by atoms with van der Waals surface area (Å²) in [7, 11) is 0. The second-order valence-corrected chi connectivity index (χ2v) is 7.68. The molecule has 8 nitrogen and oxygen atoms in total. The van der Waals surface area contributed by atoms with E-state index in [0.29, 0.717) is 16.7 Å². The van der Waals surface area contributed by atoms with Gasteiger partial charge >= 0.3 is 11.4 Å². The van der Waals surface area contributed by atoms with Gasteiger partial charge in [0, 0.05) is 30.6 Å². The van der Waals surface area contributed by atoms with Crippen molar-refractivity contribution < 1.29 is 22.0 Å². The maximum atomic E-state index is 13.7. The third kappa shape index (κ3) is 4.56. The minimum atomic E-state index is -2.91. The van der Waals surface area contributed by atoms with E-state index >= 15 is 0 Å². The molecule has 2 heterocycles. The fourth-order valence-electron chi connectivity index (χ4n) is 3.50. The summed E-state index contributed by atoms with van der Waals surface area (Å²) < 4.78 is 68.5. The van der Waals surface area contributed by atoms with Crippen molar-refractivity contribution in [1.82, 2.24) is 19.1 Å². The molecule has 0 bridgehead atoms. The molecule has 174 valence electrons. The van der Waals surface area contributed by atoms with E-state index in [-0.39, 0.29) is 11.1 Å². The molecule has 3 aromatic rings. The first kappa shape index (κ1) is 22.4. The molecular formula is C20H16F5N5O3. The number of H-pyrrole nitrogens is 1. The van der Waals surface area contributed by atoms with Gasteiger partial charge in [0.2, 0.25) is 5.95 Å². The molecule has 33 heavy (non-hydrogen) atoms. The molecule has 1 aromatic carbocycles. The second-order valence-electron chi connectivity index (χ2n) is 7.68. The Bertz CT molecular complexity index is 1370. The quantitative estimate of drug-likeness (QED) is 0.424.